The van der Waals surface area contributed by atoms with E-state index < -0.39 is 0 Å². The normalized spacial score (nSPS) is 12.9. The minimum absolute atomic E-state index is 0.0986. The Balaban J connectivity index is 2.13. The van der Waals surface area contributed by atoms with Crippen molar-refractivity contribution in [2.24, 2.45) is 0 Å². The molecular weight excluding hydrogens is 276 g/mol. The smallest absolute Gasteiger partial charge is 0.179 e. The van der Waals surface area contributed by atoms with Crippen LogP contribution in [0.4, 0.5) is 0 Å². The number of rotatable bonds is 3. The van der Waals surface area contributed by atoms with Gasteiger partial charge in [-0.25, -0.2) is 9.97 Å². The van der Waals surface area contributed by atoms with Crippen molar-refractivity contribution in [1.29, 1.82) is 0 Å². The van der Waals surface area contributed by atoms with Crippen LogP contribution in [0.15, 0.2) is 24.5 Å². The first kappa shape index (κ1) is 12.5. The van der Waals surface area contributed by atoms with E-state index in [1.807, 2.05) is 22.9 Å². The summed E-state index contributed by atoms with van der Waals surface area (Å²) in [7, 11) is 0. The van der Waals surface area contributed by atoms with Crippen molar-refractivity contribution in [2.75, 3.05) is 0 Å². The molecule has 0 radical (unpaired) electrons. The fraction of sp³-hybridized carbons (Fsp3) is 0.308. The third-order valence-electron chi connectivity index (χ3n) is 3.14. The van der Waals surface area contributed by atoms with Crippen molar-refractivity contribution in [1.82, 2.24) is 19.5 Å². The van der Waals surface area contributed by atoms with Crippen molar-refractivity contribution in [3.63, 3.8) is 0 Å². The van der Waals surface area contributed by atoms with Crippen molar-refractivity contribution >= 4 is 34.7 Å². The summed E-state index contributed by atoms with van der Waals surface area (Å²) in [5.74, 6) is 0. The summed E-state index contributed by atoms with van der Waals surface area (Å²) < 4.78 is 2.72. The standard InChI is InChI=1S/C13H14N4S2/c1-3-9-7-15-12(19-9)8(2)17-11-10(16-13(17)18)5-4-6-14-11/h4-8H,3H2,1-2H3,(H,16,18). The van der Waals surface area contributed by atoms with Crippen LogP contribution < -0.4 is 0 Å². The maximum Gasteiger partial charge on any atom is 0.179 e. The molecule has 0 saturated heterocycles. The van der Waals surface area contributed by atoms with Gasteiger partial charge >= 0.3 is 0 Å². The average Bonchev–Trinajstić information content (AvgIpc) is 3.01. The molecule has 1 N–H and O–H groups in total. The minimum Gasteiger partial charge on any atom is -0.329 e. The Kier molecular flexibility index (Phi) is 3.20. The molecule has 3 rings (SSSR count). The minimum atomic E-state index is 0.0986. The highest BCUT2D eigenvalue weighted by Crippen LogP contribution is 2.26. The molecule has 0 spiro atoms. The Morgan fingerprint density at radius 2 is 2.32 bits per heavy atom. The van der Waals surface area contributed by atoms with E-state index in [1.165, 1.54) is 4.88 Å². The van der Waals surface area contributed by atoms with Gasteiger partial charge < -0.3 is 4.98 Å². The van der Waals surface area contributed by atoms with Gasteiger partial charge in [0.15, 0.2) is 10.4 Å². The Hall–Kier alpha value is -1.53. The largest absolute Gasteiger partial charge is 0.329 e. The van der Waals surface area contributed by atoms with Crippen LogP contribution in [0.25, 0.3) is 11.2 Å². The van der Waals surface area contributed by atoms with E-state index in [0.717, 1.165) is 22.6 Å². The van der Waals surface area contributed by atoms with Crippen molar-refractivity contribution in [2.45, 2.75) is 26.3 Å². The molecule has 0 amide bonds. The lowest BCUT2D eigenvalue weighted by Gasteiger charge is -2.10. The number of hydrogen-bond acceptors (Lipinski definition) is 4. The van der Waals surface area contributed by atoms with Crippen LogP contribution in [0.1, 0.15) is 29.8 Å². The summed E-state index contributed by atoms with van der Waals surface area (Å²) in [6, 6.07) is 3.99. The monoisotopic (exact) mass is 290 g/mol. The molecule has 6 heteroatoms. The molecule has 19 heavy (non-hydrogen) atoms. The van der Waals surface area contributed by atoms with Gasteiger partial charge in [-0.1, -0.05) is 6.92 Å². The number of nitrogens with one attached hydrogen (secondary N) is 1. The van der Waals surface area contributed by atoms with Gasteiger partial charge in [0.1, 0.15) is 5.01 Å². The molecule has 1 unspecified atom stereocenters. The summed E-state index contributed by atoms with van der Waals surface area (Å²) in [6.07, 6.45) is 4.75. The number of pyridine rings is 1. The zero-order valence-corrected chi connectivity index (χ0v) is 12.4. The Morgan fingerprint density at radius 3 is 3.05 bits per heavy atom. The van der Waals surface area contributed by atoms with Gasteiger partial charge in [0.05, 0.1) is 11.6 Å². The second kappa shape index (κ2) is 4.86. The summed E-state index contributed by atoms with van der Waals surface area (Å²) in [5.41, 5.74) is 1.85. The average molecular weight is 290 g/mol. The molecular formula is C13H14N4S2. The fourth-order valence-electron chi connectivity index (χ4n) is 2.11. The maximum absolute atomic E-state index is 5.41. The van der Waals surface area contributed by atoms with E-state index in [2.05, 4.69) is 28.8 Å². The van der Waals surface area contributed by atoms with Crippen molar-refractivity contribution in [3.05, 3.63) is 39.2 Å². The number of nitrogens with zero attached hydrogens (tertiary/aromatic N) is 3. The SMILES string of the molecule is CCc1cnc(C(C)n2c(=S)[nH]c3cccnc32)s1. The first-order valence-corrected chi connectivity index (χ1v) is 7.43. The van der Waals surface area contributed by atoms with Crippen LogP contribution in [-0.2, 0) is 6.42 Å². The molecule has 4 nitrogen and oxygen atoms in total. The highest BCUT2D eigenvalue weighted by Gasteiger charge is 2.16. The van der Waals surface area contributed by atoms with Gasteiger partial charge in [0.25, 0.3) is 0 Å². The predicted octanol–water partition coefficient (Wildman–Crippen LogP) is 3.72. The van der Waals surface area contributed by atoms with E-state index in [1.54, 1.807) is 17.5 Å². The van der Waals surface area contributed by atoms with E-state index in [-0.39, 0.29) is 6.04 Å². The molecule has 0 aliphatic rings. The summed E-state index contributed by atoms with van der Waals surface area (Å²) >= 11 is 7.15. The summed E-state index contributed by atoms with van der Waals surface area (Å²) in [5, 5.41) is 1.07. The first-order chi connectivity index (χ1) is 9.20. The molecule has 98 valence electrons. The van der Waals surface area contributed by atoms with Gasteiger partial charge in [-0.3, -0.25) is 4.57 Å². The lowest BCUT2D eigenvalue weighted by molar-refractivity contribution is 0.639. The van der Waals surface area contributed by atoms with Gasteiger partial charge in [0.2, 0.25) is 0 Å². The van der Waals surface area contributed by atoms with Crippen LogP contribution in [0.5, 0.6) is 0 Å². The highest BCUT2D eigenvalue weighted by atomic mass is 32.1. The molecule has 0 aromatic carbocycles. The van der Waals surface area contributed by atoms with Gasteiger partial charge in [-0.2, -0.15) is 0 Å². The van der Waals surface area contributed by atoms with Crippen LogP contribution in [0.2, 0.25) is 0 Å². The molecule has 0 fully saturated rings. The third-order valence-corrected chi connectivity index (χ3v) is 4.75. The number of H-pyrrole nitrogens is 1. The lowest BCUT2D eigenvalue weighted by Crippen LogP contribution is -2.07. The van der Waals surface area contributed by atoms with Crippen LogP contribution in [-0.4, -0.2) is 19.5 Å². The second-order valence-corrected chi connectivity index (χ2v) is 5.90. The van der Waals surface area contributed by atoms with E-state index in [4.69, 9.17) is 12.2 Å². The van der Waals surface area contributed by atoms with Gasteiger partial charge in [-0.15, -0.1) is 11.3 Å². The molecule has 0 aliphatic heterocycles. The van der Waals surface area contributed by atoms with Crippen LogP contribution in [0.3, 0.4) is 0 Å². The zero-order valence-electron chi connectivity index (χ0n) is 10.8. The number of fused-ring (bicyclic) bond motifs is 1. The molecule has 1 atom stereocenters. The van der Waals surface area contributed by atoms with Crippen molar-refractivity contribution in [3.8, 4) is 0 Å². The molecule has 0 bridgehead atoms. The summed E-state index contributed by atoms with van der Waals surface area (Å²) in [6.45, 7) is 4.25. The number of hydrogen-bond donors (Lipinski definition) is 1. The lowest BCUT2D eigenvalue weighted by atomic mass is 10.3. The number of imidazole rings is 1. The van der Waals surface area contributed by atoms with Gasteiger partial charge in [-0.05, 0) is 37.7 Å². The molecule has 3 aromatic rings. The number of aromatic amines is 1. The third kappa shape index (κ3) is 2.11. The number of aromatic nitrogens is 4. The fourth-order valence-corrected chi connectivity index (χ4v) is 3.36. The Bertz CT molecular complexity index is 768. The Morgan fingerprint density at radius 1 is 1.47 bits per heavy atom. The second-order valence-electron chi connectivity index (χ2n) is 4.37. The first-order valence-electron chi connectivity index (χ1n) is 6.20. The predicted molar refractivity (Wildman–Crippen MR) is 80.2 cm³/mol. The Labute approximate surface area is 120 Å². The molecule has 3 aromatic heterocycles. The highest BCUT2D eigenvalue weighted by molar-refractivity contribution is 7.71. The quantitative estimate of drug-likeness (QED) is 0.748. The molecule has 0 aliphatic carbocycles. The van der Waals surface area contributed by atoms with Crippen LogP contribution in [0, 0.1) is 4.77 Å². The van der Waals surface area contributed by atoms with E-state index in [9.17, 15) is 0 Å². The number of thiazole rings is 1. The molecule has 3 heterocycles. The number of aryl methyl sites for hydroxylation is 1. The molecule has 0 saturated carbocycles. The van der Waals surface area contributed by atoms with Crippen LogP contribution >= 0.6 is 23.6 Å². The maximum atomic E-state index is 5.41. The van der Waals surface area contributed by atoms with Crippen molar-refractivity contribution < 1.29 is 0 Å². The topological polar surface area (TPSA) is 46.5 Å². The van der Waals surface area contributed by atoms with E-state index in [0.29, 0.717) is 4.77 Å². The van der Waals surface area contributed by atoms with Gasteiger partial charge in [0, 0.05) is 17.3 Å². The zero-order chi connectivity index (χ0) is 13.4. The van der Waals surface area contributed by atoms with E-state index >= 15 is 0 Å². The summed E-state index contributed by atoms with van der Waals surface area (Å²) in [4.78, 5) is 13.4.